The SMILES string of the molecule is Cl.NC1(CS(=O)(=O)c2ccccc2)CC1. The lowest BCUT2D eigenvalue weighted by Crippen LogP contribution is -2.31. The summed E-state index contributed by atoms with van der Waals surface area (Å²) in [5.74, 6) is 0.0734. The Kier molecular flexibility index (Phi) is 3.43. The normalized spacial score (nSPS) is 17.9. The van der Waals surface area contributed by atoms with E-state index in [2.05, 4.69) is 0 Å². The van der Waals surface area contributed by atoms with Crippen molar-refractivity contribution in [3.63, 3.8) is 0 Å². The van der Waals surface area contributed by atoms with Gasteiger partial charge in [-0.1, -0.05) is 18.2 Å². The minimum Gasteiger partial charge on any atom is -0.324 e. The van der Waals surface area contributed by atoms with Crippen molar-refractivity contribution in [3.8, 4) is 0 Å². The summed E-state index contributed by atoms with van der Waals surface area (Å²) in [6.45, 7) is 0. The molecule has 0 saturated heterocycles. The number of benzene rings is 1. The summed E-state index contributed by atoms with van der Waals surface area (Å²) in [6.07, 6.45) is 1.64. The molecule has 1 aromatic carbocycles. The molecule has 0 radical (unpaired) electrons. The summed E-state index contributed by atoms with van der Waals surface area (Å²) in [7, 11) is -3.18. The van der Waals surface area contributed by atoms with Crippen LogP contribution in [0.15, 0.2) is 35.2 Å². The quantitative estimate of drug-likeness (QED) is 0.878. The van der Waals surface area contributed by atoms with E-state index >= 15 is 0 Å². The smallest absolute Gasteiger partial charge is 0.180 e. The average molecular weight is 248 g/mol. The van der Waals surface area contributed by atoms with Crippen LogP contribution in [0.25, 0.3) is 0 Å². The van der Waals surface area contributed by atoms with Crippen LogP contribution in [0.5, 0.6) is 0 Å². The Morgan fingerprint density at radius 2 is 1.73 bits per heavy atom. The molecule has 0 spiro atoms. The largest absolute Gasteiger partial charge is 0.324 e. The van der Waals surface area contributed by atoms with E-state index in [9.17, 15) is 8.42 Å². The number of hydrogen-bond acceptors (Lipinski definition) is 3. The zero-order valence-electron chi connectivity index (χ0n) is 8.22. The Balaban J connectivity index is 0.00000112. The van der Waals surface area contributed by atoms with Crippen LogP contribution in [0.4, 0.5) is 0 Å². The lowest BCUT2D eigenvalue weighted by atomic mass is 10.4. The first-order valence-corrected chi connectivity index (χ1v) is 6.24. The minimum atomic E-state index is -3.18. The highest BCUT2D eigenvalue weighted by Crippen LogP contribution is 2.34. The van der Waals surface area contributed by atoms with Gasteiger partial charge in [0, 0.05) is 5.54 Å². The molecule has 1 aliphatic carbocycles. The van der Waals surface area contributed by atoms with Crippen molar-refractivity contribution < 1.29 is 8.42 Å². The standard InChI is InChI=1S/C10H13NO2S.ClH/c11-10(6-7-10)8-14(12,13)9-4-2-1-3-5-9;/h1-5H,6-8,11H2;1H. The molecule has 1 fully saturated rings. The fourth-order valence-electron chi connectivity index (χ4n) is 1.39. The van der Waals surface area contributed by atoms with Gasteiger partial charge in [-0.15, -0.1) is 12.4 Å². The van der Waals surface area contributed by atoms with Crippen molar-refractivity contribution in [2.24, 2.45) is 5.73 Å². The second-order valence-corrected chi connectivity index (χ2v) is 5.92. The van der Waals surface area contributed by atoms with E-state index in [0.29, 0.717) is 4.90 Å². The van der Waals surface area contributed by atoms with Crippen molar-refractivity contribution in [2.75, 3.05) is 5.75 Å². The molecule has 1 saturated carbocycles. The van der Waals surface area contributed by atoms with E-state index < -0.39 is 15.4 Å². The van der Waals surface area contributed by atoms with Crippen LogP contribution in [-0.4, -0.2) is 19.7 Å². The van der Waals surface area contributed by atoms with Gasteiger partial charge < -0.3 is 5.73 Å². The Bertz CT molecular complexity index is 426. The van der Waals surface area contributed by atoms with Crippen LogP contribution in [-0.2, 0) is 9.84 Å². The monoisotopic (exact) mass is 247 g/mol. The van der Waals surface area contributed by atoms with Gasteiger partial charge in [0.05, 0.1) is 10.6 Å². The van der Waals surface area contributed by atoms with E-state index in [0.717, 1.165) is 12.8 Å². The van der Waals surface area contributed by atoms with Crippen LogP contribution in [0.3, 0.4) is 0 Å². The first-order valence-electron chi connectivity index (χ1n) is 4.59. The molecule has 0 atom stereocenters. The van der Waals surface area contributed by atoms with Gasteiger partial charge >= 0.3 is 0 Å². The maximum atomic E-state index is 11.8. The molecule has 0 amide bonds. The Morgan fingerprint density at radius 3 is 2.20 bits per heavy atom. The molecule has 0 unspecified atom stereocenters. The maximum Gasteiger partial charge on any atom is 0.180 e. The lowest BCUT2D eigenvalue weighted by molar-refractivity contribution is 0.585. The van der Waals surface area contributed by atoms with Crippen molar-refractivity contribution >= 4 is 22.2 Å². The molecule has 2 rings (SSSR count). The molecule has 1 aliphatic rings. The lowest BCUT2D eigenvalue weighted by Gasteiger charge is -2.09. The second kappa shape index (κ2) is 4.12. The van der Waals surface area contributed by atoms with Gasteiger partial charge in [-0.2, -0.15) is 0 Å². The molecule has 1 aromatic rings. The summed E-state index contributed by atoms with van der Waals surface area (Å²) in [5, 5.41) is 0. The van der Waals surface area contributed by atoms with E-state index in [1.807, 2.05) is 0 Å². The van der Waals surface area contributed by atoms with E-state index in [1.54, 1.807) is 30.3 Å². The van der Waals surface area contributed by atoms with Crippen LogP contribution >= 0.6 is 12.4 Å². The number of halogens is 1. The third kappa shape index (κ3) is 2.93. The predicted molar refractivity (Wildman–Crippen MR) is 61.9 cm³/mol. The summed E-state index contributed by atoms with van der Waals surface area (Å²) in [5.41, 5.74) is 5.34. The molecule has 0 aliphatic heterocycles. The first kappa shape index (κ1) is 12.5. The van der Waals surface area contributed by atoms with E-state index in [1.165, 1.54) is 0 Å². The summed E-state index contributed by atoms with van der Waals surface area (Å²) in [4.78, 5) is 0.372. The second-order valence-electron chi connectivity index (χ2n) is 3.93. The molecule has 15 heavy (non-hydrogen) atoms. The van der Waals surface area contributed by atoms with E-state index in [4.69, 9.17) is 5.73 Å². The Morgan fingerprint density at radius 1 is 1.20 bits per heavy atom. The molecule has 3 nitrogen and oxygen atoms in total. The first-order chi connectivity index (χ1) is 6.52. The molecule has 84 valence electrons. The van der Waals surface area contributed by atoms with Gasteiger partial charge in [-0.25, -0.2) is 8.42 Å². The Labute approximate surface area is 96.0 Å². The van der Waals surface area contributed by atoms with Gasteiger partial charge in [0.2, 0.25) is 0 Å². The molecule has 0 heterocycles. The number of hydrogen-bond donors (Lipinski definition) is 1. The number of rotatable bonds is 3. The minimum absolute atomic E-state index is 0. The van der Waals surface area contributed by atoms with Crippen molar-refractivity contribution in [3.05, 3.63) is 30.3 Å². The molecule has 0 bridgehead atoms. The number of nitrogens with two attached hydrogens (primary N) is 1. The fourth-order valence-corrected chi connectivity index (χ4v) is 3.18. The maximum absolute atomic E-state index is 11.8. The summed E-state index contributed by atoms with van der Waals surface area (Å²) >= 11 is 0. The molecule has 2 N–H and O–H groups in total. The van der Waals surface area contributed by atoms with Crippen LogP contribution < -0.4 is 5.73 Å². The Hall–Kier alpha value is -0.580. The van der Waals surface area contributed by atoms with Gasteiger partial charge in [0.1, 0.15) is 0 Å². The third-order valence-corrected chi connectivity index (χ3v) is 4.42. The molecular weight excluding hydrogens is 234 g/mol. The van der Waals surface area contributed by atoms with Gasteiger partial charge in [0.25, 0.3) is 0 Å². The highest BCUT2D eigenvalue weighted by molar-refractivity contribution is 7.91. The summed E-state index contributed by atoms with van der Waals surface area (Å²) < 4.78 is 23.6. The van der Waals surface area contributed by atoms with Crippen LogP contribution in [0.2, 0.25) is 0 Å². The zero-order valence-corrected chi connectivity index (χ0v) is 9.85. The zero-order chi connectivity index (χ0) is 10.2. The van der Waals surface area contributed by atoms with Crippen molar-refractivity contribution in [1.29, 1.82) is 0 Å². The van der Waals surface area contributed by atoms with Gasteiger partial charge in [-0.3, -0.25) is 0 Å². The highest BCUT2D eigenvalue weighted by atomic mass is 35.5. The van der Waals surface area contributed by atoms with Crippen molar-refractivity contribution in [2.45, 2.75) is 23.3 Å². The van der Waals surface area contributed by atoms with Crippen molar-refractivity contribution in [1.82, 2.24) is 0 Å². The van der Waals surface area contributed by atoms with Crippen LogP contribution in [0, 0.1) is 0 Å². The molecule has 0 aromatic heterocycles. The molecule has 5 heteroatoms. The predicted octanol–water partition coefficient (Wildman–Crippen LogP) is 1.37. The highest BCUT2D eigenvalue weighted by Gasteiger charge is 2.42. The molecular formula is C10H14ClNO2S. The summed E-state index contributed by atoms with van der Waals surface area (Å²) in [6, 6.07) is 8.47. The van der Waals surface area contributed by atoms with Gasteiger partial charge in [0.15, 0.2) is 9.84 Å². The fraction of sp³-hybridized carbons (Fsp3) is 0.400. The van der Waals surface area contributed by atoms with Gasteiger partial charge in [-0.05, 0) is 25.0 Å². The number of sulfone groups is 1. The average Bonchev–Trinajstić information content (AvgIpc) is 2.84. The van der Waals surface area contributed by atoms with E-state index in [-0.39, 0.29) is 18.2 Å². The topological polar surface area (TPSA) is 60.2 Å². The third-order valence-electron chi connectivity index (χ3n) is 2.47. The van der Waals surface area contributed by atoms with Crippen LogP contribution in [0.1, 0.15) is 12.8 Å².